The van der Waals surface area contributed by atoms with Crippen LogP contribution in [0.5, 0.6) is 0 Å². The van der Waals surface area contributed by atoms with Gasteiger partial charge in [-0.25, -0.2) is 0 Å². The molecule has 1 heterocycles. The first-order valence-electron chi connectivity index (χ1n) is 7.12. The van der Waals surface area contributed by atoms with Gasteiger partial charge in [-0.2, -0.15) is 0 Å². The van der Waals surface area contributed by atoms with Gasteiger partial charge in [0, 0.05) is 23.7 Å². The number of hydrogen-bond donors (Lipinski definition) is 0. The van der Waals surface area contributed by atoms with Gasteiger partial charge in [-0.15, -0.1) is 23.5 Å². The van der Waals surface area contributed by atoms with Crippen LogP contribution in [0.3, 0.4) is 0 Å². The summed E-state index contributed by atoms with van der Waals surface area (Å²) in [5.74, 6) is 1.80. The van der Waals surface area contributed by atoms with Crippen molar-refractivity contribution < 1.29 is 9.59 Å². The van der Waals surface area contributed by atoms with Gasteiger partial charge in [0.15, 0.2) is 5.78 Å². The van der Waals surface area contributed by atoms with Crippen molar-refractivity contribution >= 4 is 35.6 Å². The third kappa shape index (κ3) is 3.43. The molecule has 21 heavy (non-hydrogen) atoms. The number of thioether (sulfide) groups is 2. The minimum absolute atomic E-state index is 0.0357. The van der Waals surface area contributed by atoms with Crippen molar-refractivity contribution in [1.29, 1.82) is 0 Å². The van der Waals surface area contributed by atoms with Gasteiger partial charge in [-0.3, -0.25) is 4.79 Å². The minimum Gasteiger partial charge on any atom is -0.303 e. The van der Waals surface area contributed by atoms with E-state index in [9.17, 15) is 9.59 Å². The monoisotopic (exact) mass is 320 g/mol. The maximum atomic E-state index is 13.1. The normalized spacial score (nSPS) is 25.2. The largest absolute Gasteiger partial charge is 0.303 e. The molecular formula is C17H20O2S2. The number of rotatable bonds is 6. The number of carbonyl (C=O) groups is 2. The zero-order valence-corrected chi connectivity index (χ0v) is 14.0. The molecule has 2 nitrogen and oxygen atoms in total. The van der Waals surface area contributed by atoms with Crippen LogP contribution in [0.2, 0.25) is 0 Å². The average Bonchev–Trinajstić information content (AvgIpc) is 2.51. The molecule has 0 radical (unpaired) electrons. The fraction of sp³-hybridized carbons (Fsp3) is 0.412. The van der Waals surface area contributed by atoms with Gasteiger partial charge in [-0.05, 0) is 12.7 Å². The van der Waals surface area contributed by atoms with Crippen molar-refractivity contribution in [3.05, 3.63) is 47.5 Å². The highest BCUT2D eigenvalue weighted by atomic mass is 32.2. The predicted molar refractivity (Wildman–Crippen MR) is 92.0 cm³/mol. The Balaban J connectivity index is 2.43. The van der Waals surface area contributed by atoms with Gasteiger partial charge < -0.3 is 4.79 Å². The Morgan fingerprint density at radius 3 is 2.76 bits per heavy atom. The molecular weight excluding hydrogens is 300 g/mol. The number of Topliss-reactive ketones (excluding diaryl/α,β-unsaturated/α-hetero) is 1. The molecule has 0 amide bonds. The number of aldehydes is 1. The minimum atomic E-state index is -0.573. The van der Waals surface area contributed by atoms with Crippen LogP contribution >= 0.6 is 23.5 Å². The first kappa shape index (κ1) is 16.4. The van der Waals surface area contributed by atoms with E-state index in [1.165, 1.54) is 5.57 Å². The van der Waals surface area contributed by atoms with E-state index in [0.29, 0.717) is 6.42 Å². The van der Waals surface area contributed by atoms with Gasteiger partial charge in [0.25, 0.3) is 0 Å². The molecule has 2 atom stereocenters. The van der Waals surface area contributed by atoms with Crippen LogP contribution < -0.4 is 0 Å². The molecule has 1 aromatic rings. The van der Waals surface area contributed by atoms with Crippen LogP contribution in [-0.4, -0.2) is 27.7 Å². The summed E-state index contributed by atoms with van der Waals surface area (Å²) in [6.45, 7) is 4.13. The quantitative estimate of drug-likeness (QED) is 0.446. The highest BCUT2D eigenvalue weighted by molar-refractivity contribution is 8.19. The molecule has 0 spiro atoms. The van der Waals surface area contributed by atoms with Crippen molar-refractivity contribution in [2.75, 3.05) is 11.5 Å². The molecule has 0 saturated carbocycles. The molecule has 0 aliphatic carbocycles. The van der Waals surface area contributed by atoms with Crippen LogP contribution in [0.1, 0.15) is 30.6 Å². The number of ketones is 1. The molecule has 0 saturated heterocycles. The Labute approximate surface area is 134 Å². The highest BCUT2D eigenvalue weighted by Crippen LogP contribution is 2.51. The van der Waals surface area contributed by atoms with Gasteiger partial charge in [0.1, 0.15) is 10.4 Å². The van der Waals surface area contributed by atoms with E-state index >= 15 is 0 Å². The maximum absolute atomic E-state index is 13.1. The Morgan fingerprint density at radius 2 is 2.14 bits per heavy atom. The van der Waals surface area contributed by atoms with Crippen LogP contribution in [0.25, 0.3) is 0 Å². The van der Waals surface area contributed by atoms with Gasteiger partial charge >= 0.3 is 0 Å². The lowest BCUT2D eigenvalue weighted by Crippen LogP contribution is -2.42. The van der Waals surface area contributed by atoms with Crippen LogP contribution in [-0.2, 0) is 4.79 Å². The molecule has 0 aromatic heterocycles. The van der Waals surface area contributed by atoms with Crippen molar-refractivity contribution in [2.45, 2.75) is 24.3 Å². The van der Waals surface area contributed by atoms with E-state index in [1.54, 1.807) is 23.5 Å². The van der Waals surface area contributed by atoms with E-state index < -0.39 is 4.08 Å². The number of benzene rings is 1. The van der Waals surface area contributed by atoms with Crippen LogP contribution in [0.4, 0.5) is 0 Å². The smallest absolute Gasteiger partial charge is 0.189 e. The molecule has 2 rings (SSSR count). The Hall–Kier alpha value is -1.00. The molecule has 112 valence electrons. The molecule has 0 fully saturated rings. The summed E-state index contributed by atoms with van der Waals surface area (Å²) in [6, 6.07) is 9.42. The Morgan fingerprint density at radius 1 is 1.43 bits per heavy atom. The molecule has 0 unspecified atom stereocenters. The van der Waals surface area contributed by atoms with Crippen molar-refractivity contribution in [3.8, 4) is 0 Å². The standard InChI is InChI=1S/C17H20O2S2/c1-3-20-17(16(19)14-7-5-4-6-8-14)15(9-10-18)11-13(2)12-21-17/h4-8,10-11,15H,3,9,12H2,1-2H3/t15-,17+/m1/s1. The van der Waals surface area contributed by atoms with Crippen LogP contribution in [0.15, 0.2) is 42.0 Å². The molecule has 0 bridgehead atoms. The van der Waals surface area contributed by atoms with E-state index in [4.69, 9.17) is 0 Å². The maximum Gasteiger partial charge on any atom is 0.189 e. The number of carbonyl (C=O) groups excluding carboxylic acids is 2. The number of hydrogen-bond acceptors (Lipinski definition) is 4. The SMILES string of the molecule is CCS[C@]1(C(=O)c2ccccc2)SCC(C)=C[C@H]1CC=O. The number of allylic oxidation sites excluding steroid dienone is 1. The Kier molecular flexibility index (Phi) is 5.71. The van der Waals surface area contributed by atoms with E-state index in [0.717, 1.165) is 23.4 Å². The first-order chi connectivity index (χ1) is 10.1. The lowest BCUT2D eigenvalue weighted by molar-refractivity contribution is -0.108. The van der Waals surface area contributed by atoms with Crippen LogP contribution in [0, 0.1) is 5.92 Å². The molecule has 0 N–H and O–H groups in total. The highest BCUT2D eigenvalue weighted by Gasteiger charge is 2.47. The van der Waals surface area contributed by atoms with Gasteiger partial charge in [0.05, 0.1) is 0 Å². The van der Waals surface area contributed by atoms with Crippen molar-refractivity contribution in [1.82, 2.24) is 0 Å². The molecule has 4 heteroatoms. The van der Waals surface area contributed by atoms with E-state index in [2.05, 4.69) is 19.9 Å². The lowest BCUT2D eigenvalue weighted by Gasteiger charge is -2.39. The summed E-state index contributed by atoms with van der Waals surface area (Å²) in [4.78, 5) is 24.2. The summed E-state index contributed by atoms with van der Waals surface area (Å²) in [5.41, 5.74) is 1.98. The van der Waals surface area contributed by atoms with Crippen molar-refractivity contribution in [2.24, 2.45) is 5.92 Å². The predicted octanol–water partition coefficient (Wildman–Crippen LogP) is 4.22. The average molecular weight is 320 g/mol. The molecule has 1 aliphatic heterocycles. The summed E-state index contributed by atoms with van der Waals surface area (Å²) < 4.78 is -0.573. The summed E-state index contributed by atoms with van der Waals surface area (Å²) in [5, 5.41) is 0. The molecule has 1 aliphatic rings. The zero-order valence-electron chi connectivity index (χ0n) is 12.4. The second kappa shape index (κ2) is 7.32. The fourth-order valence-corrected chi connectivity index (χ4v) is 5.69. The molecule has 1 aromatic carbocycles. The topological polar surface area (TPSA) is 34.1 Å². The summed E-state index contributed by atoms with van der Waals surface area (Å²) in [7, 11) is 0. The van der Waals surface area contributed by atoms with E-state index in [1.807, 2.05) is 30.3 Å². The van der Waals surface area contributed by atoms with Gasteiger partial charge in [0.2, 0.25) is 0 Å². The lowest BCUT2D eigenvalue weighted by atomic mass is 9.92. The second-order valence-electron chi connectivity index (χ2n) is 5.11. The third-order valence-corrected chi connectivity index (χ3v) is 6.98. The Bertz CT molecular complexity index is 539. The van der Waals surface area contributed by atoms with Gasteiger partial charge in [-0.1, -0.05) is 48.9 Å². The van der Waals surface area contributed by atoms with Crippen molar-refractivity contribution in [3.63, 3.8) is 0 Å². The first-order valence-corrected chi connectivity index (χ1v) is 9.10. The summed E-state index contributed by atoms with van der Waals surface area (Å²) in [6.07, 6.45) is 3.45. The van der Waals surface area contributed by atoms with E-state index in [-0.39, 0.29) is 11.7 Å². The fourth-order valence-electron chi connectivity index (χ4n) is 2.61. The summed E-state index contributed by atoms with van der Waals surface area (Å²) >= 11 is 3.34. The second-order valence-corrected chi connectivity index (χ2v) is 8.10. The third-order valence-electron chi connectivity index (χ3n) is 3.55. The zero-order chi connectivity index (χ0) is 15.3.